The average molecular weight is 489 g/mol. The molecule has 0 unspecified atom stereocenters. The van der Waals surface area contributed by atoms with Crippen LogP contribution in [0.15, 0.2) is 24.5 Å². The van der Waals surface area contributed by atoms with E-state index in [4.69, 9.17) is 23.2 Å². The van der Waals surface area contributed by atoms with Gasteiger partial charge in [0.2, 0.25) is 0 Å². The lowest BCUT2D eigenvalue weighted by molar-refractivity contribution is -0.181. The van der Waals surface area contributed by atoms with E-state index < -0.39 is 24.2 Å². The molecule has 2 atom stereocenters. The van der Waals surface area contributed by atoms with E-state index in [1.165, 1.54) is 24.5 Å². The van der Waals surface area contributed by atoms with Crippen LogP contribution >= 0.6 is 23.2 Å². The summed E-state index contributed by atoms with van der Waals surface area (Å²) in [6, 6.07) is 1.94. The fourth-order valence-corrected chi connectivity index (χ4v) is 4.17. The SMILES string of the molecule is C[C@H](CO)c1ncc(NC(=O)N2C[C@@](C)(C(F)(F)F)c3c2cnc2cc(Cl)nn32)cc1Cl. The maximum atomic E-state index is 14.1. The monoisotopic (exact) mass is 488 g/mol. The zero-order valence-electron chi connectivity index (χ0n) is 16.8. The molecule has 2 N–H and O–H groups in total. The van der Waals surface area contributed by atoms with Gasteiger partial charge < -0.3 is 10.4 Å². The lowest BCUT2D eigenvalue weighted by Gasteiger charge is -2.28. The first-order valence-corrected chi connectivity index (χ1v) is 10.2. The second-order valence-electron chi connectivity index (χ2n) is 7.75. The van der Waals surface area contributed by atoms with Crippen LogP contribution < -0.4 is 10.2 Å². The van der Waals surface area contributed by atoms with Gasteiger partial charge in [-0.2, -0.15) is 18.3 Å². The Morgan fingerprint density at radius 2 is 2.03 bits per heavy atom. The van der Waals surface area contributed by atoms with E-state index in [-0.39, 0.29) is 45.4 Å². The molecule has 4 heterocycles. The molecule has 32 heavy (non-hydrogen) atoms. The summed E-state index contributed by atoms with van der Waals surface area (Å²) in [4.78, 5) is 22.1. The highest BCUT2D eigenvalue weighted by molar-refractivity contribution is 6.31. The Hall–Kier alpha value is -2.63. The van der Waals surface area contributed by atoms with Crippen molar-refractivity contribution < 1.29 is 23.1 Å². The Morgan fingerprint density at radius 1 is 1.31 bits per heavy atom. The number of aromatic nitrogens is 4. The van der Waals surface area contributed by atoms with Gasteiger partial charge >= 0.3 is 12.2 Å². The highest BCUT2D eigenvalue weighted by Crippen LogP contribution is 2.50. The number of hydrogen-bond donors (Lipinski definition) is 2. The van der Waals surface area contributed by atoms with Gasteiger partial charge in [-0.25, -0.2) is 14.3 Å². The number of aliphatic hydroxyl groups excluding tert-OH is 1. The van der Waals surface area contributed by atoms with Gasteiger partial charge in [0.05, 0.1) is 46.8 Å². The van der Waals surface area contributed by atoms with Crippen LogP contribution in [0, 0.1) is 0 Å². The predicted octanol–water partition coefficient (Wildman–Crippen LogP) is 4.40. The molecule has 0 spiro atoms. The van der Waals surface area contributed by atoms with E-state index in [0.29, 0.717) is 5.69 Å². The van der Waals surface area contributed by atoms with Crippen LogP contribution in [-0.2, 0) is 5.41 Å². The molecule has 0 aromatic carbocycles. The van der Waals surface area contributed by atoms with Crippen LogP contribution in [0.4, 0.5) is 29.3 Å². The molecule has 0 bridgehead atoms. The molecule has 1 aliphatic heterocycles. The average Bonchev–Trinajstić information content (AvgIpc) is 3.24. The van der Waals surface area contributed by atoms with Gasteiger partial charge in [0, 0.05) is 18.5 Å². The van der Waals surface area contributed by atoms with E-state index in [2.05, 4.69) is 20.4 Å². The number of carbonyl (C=O) groups excluding carboxylic acids is 1. The van der Waals surface area contributed by atoms with E-state index in [0.717, 1.165) is 16.3 Å². The van der Waals surface area contributed by atoms with E-state index in [1.54, 1.807) is 6.92 Å². The molecular formula is C19H17Cl2F3N6O2. The van der Waals surface area contributed by atoms with Crippen molar-refractivity contribution in [2.24, 2.45) is 0 Å². The van der Waals surface area contributed by atoms with Crippen molar-refractivity contribution in [2.75, 3.05) is 23.4 Å². The summed E-state index contributed by atoms with van der Waals surface area (Å²) in [6.07, 6.45) is -2.17. The molecule has 1 aliphatic rings. The van der Waals surface area contributed by atoms with Crippen LogP contribution in [0.1, 0.15) is 31.2 Å². The van der Waals surface area contributed by atoms with Crippen molar-refractivity contribution >= 4 is 46.3 Å². The third-order valence-electron chi connectivity index (χ3n) is 5.45. The largest absolute Gasteiger partial charge is 0.401 e. The molecule has 0 aliphatic carbocycles. The number of aliphatic hydroxyl groups is 1. The number of anilines is 2. The van der Waals surface area contributed by atoms with Crippen molar-refractivity contribution in [1.82, 2.24) is 19.6 Å². The van der Waals surface area contributed by atoms with Gasteiger partial charge in [0.1, 0.15) is 5.41 Å². The van der Waals surface area contributed by atoms with E-state index in [9.17, 15) is 23.1 Å². The zero-order chi connectivity index (χ0) is 23.4. The summed E-state index contributed by atoms with van der Waals surface area (Å²) in [5.41, 5.74) is -1.93. The standard InChI is InChI=1S/C19H17Cl2F3N6O2/c1-9(7-31)15-11(20)3-10(5-26-15)27-17(32)29-8-18(2,19(22,23)24)16-12(29)6-25-14-4-13(21)28-30(14)16/h3-6,9,31H,7-8H2,1-2H3,(H,27,32)/t9-,18-/m1/s1. The maximum Gasteiger partial charge on any atom is 0.401 e. The molecule has 4 rings (SSSR count). The predicted molar refractivity (Wildman–Crippen MR) is 113 cm³/mol. The fourth-order valence-electron chi connectivity index (χ4n) is 3.65. The molecule has 0 radical (unpaired) electrons. The van der Waals surface area contributed by atoms with Crippen LogP contribution in [-0.4, -0.2) is 50.0 Å². The smallest absolute Gasteiger partial charge is 0.396 e. The second-order valence-corrected chi connectivity index (χ2v) is 8.54. The summed E-state index contributed by atoms with van der Waals surface area (Å²) in [5.74, 6) is -0.320. The van der Waals surface area contributed by atoms with Gasteiger partial charge in [0.15, 0.2) is 10.8 Å². The normalized spacial score (nSPS) is 19.3. The van der Waals surface area contributed by atoms with Crippen LogP contribution in [0.5, 0.6) is 0 Å². The van der Waals surface area contributed by atoms with Crippen LogP contribution in [0.3, 0.4) is 0 Å². The number of amides is 2. The van der Waals surface area contributed by atoms with Gasteiger partial charge in [-0.1, -0.05) is 30.1 Å². The minimum absolute atomic E-state index is 0.0174. The number of fused-ring (bicyclic) bond motifs is 3. The molecule has 13 heteroatoms. The summed E-state index contributed by atoms with van der Waals surface area (Å²) < 4.78 is 43.4. The van der Waals surface area contributed by atoms with Gasteiger partial charge in [-0.15, -0.1) is 0 Å². The Balaban J connectivity index is 1.72. The molecular weight excluding hydrogens is 472 g/mol. The second kappa shape index (κ2) is 7.75. The number of halogens is 5. The zero-order valence-corrected chi connectivity index (χ0v) is 18.3. The quantitative estimate of drug-likeness (QED) is 0.569. The van der Waals surface area contributed by atoms with Crippen molar-refractivity contribution in [3.8, 4) is 0 Å². The third kappa shape index (κ3) is 3.54. The van der Waals surface area contributed by atoms with Crippen LogP contribution in [0.25, 0.3) is 5.65 Å². The summed E-state index contributed by atoms with van der Waals surface area (Å²) in [5, 5.41) is 15.9. The summed E-state index contributed by atoms with van der Waals surface area (Å²) in [6.45, 7) is 1.87. The molecule has 0 fully saturated rings. The van der Waals surface area contributed by atoms with Crippen molar-refractivity contribution in [3.63, 3.8) is 0 Å². The lowest BCUT2D eigenvalue weighted by atomic mass is 9.88. The maximum absolute atomic E-state index is 14.1. The van der Waals surface area contributed by atoms with E-state index >= 15 is 0 Å². The molecule has 3 aromatic rings. The molecule has 170 valence electrons. The Labute approximate surface area is 190 Å². The Morgan fingerprint density at radius 3 is 2.66 bits per heavy atom. The van der Waals surface area contributed by atoms with Crippen molar-refractivity contribution in [2.45, 2.75) is 31.4 Å². The number of alkyl halides is 3. The highest BCUT2D eigenvalue weighted by Gasteiger charge is 2.60. The highest BCUT2D eigenvalue weighted by atomic mass is 35.5. The molecule has 2 amide bonds. The summed E-state index contributed by atoms with van der Waals surface area (Å²) >= 11 is 12.1. The van der Waals surface area contributed by atoms with Crippen molar-refractivity contribution in [1.29, 1.82) is 0 Å². The van der Waals surface area contributed by atoms with Gasteiger partial charge in [0.25, 0.3) is 0 Å². The molecule has 0 saturated carbocycles. The Kier molecular flexibility index (Phi) is 5.46. The van der Waals surface area contributed by atoms with Crippen molar-refractivity contribution in [3.05, 3.63) is 46.1 Å². The number of nitrogens with zero attached hydrogens (tertiary/aromatic N) is 5. The molecule has 8 nitrogen and oxygen atoms in total. The number of nitrogens with one attached hydrogen (secondary N) is 1. The number of carbonyl (C=O) groups is 1. The van der Waals surface area contributed by atoms with Crippen LogP contribution in [0.2, 0.25) is 10.2 Å². The molecule has 3 aromatic heterocycles. The minimum Gasteiger partial charge on any atom is -0.396 e. The van der Waals surface area contributed by atoms with E-state index in [1.807, 2.05) is 0 Å². The fraction of sp³-hybridized carbons (Fsp3) is 0.368. The number of pyridine rings is 1. The number of rotatable bonds is 3. The van der Waals surface area contributed by atoms with Gasteiger partial charge in [-0.05, 0) is 13.0 Å². The number of urea groups is 1. The number of hydrogen-bond acceptors (Lipinski definition) is 5. The Bertz CT molecular complexity index is 1220. The first-order valence-electron chi connectivity index (χ1n) is 9.42. The minimum atomic E-state index is -4.68. The topological polar surface area (TPSA) is 95.7 Å². The van der Waals surface area contributed by atoms with Gasteiger partial charge in [-0.3, -0.25) is 9.88 Å². The third-order valence-corrected chi connectivity index (χ3v) is 5.94. The summed E-state index contributed by atoms with van der Waals surface area (Å²) in [7, 11) is 0. The molecule has 0 saturated heterocycles. The first-order chi connectivity index (χ1) is 15.0. The first kappa shape index (κ1) is 22.6. The lowest BCUT2D eigenvalue weighted by Crippen LogP contribution is -2.46.